The van der Waals surface area contributed by atoms with Gasteiger partial charge in [0, 0.05) is 18.1 Å². The summed E-state index contributed by atoms with van der Waals surface area (Å²) in [7, 11) is 2.21. The summed E-state index contributed by atoms with van der Waals surface area (Å²) in [6.07, 6.45) is 7.41. The molecule has 2 bridgehead atoms. The van der Waals surface area contributed by atoms with Gasteiger partial charge in [-0.1, -0.05) is 6.42 Å². The maximum absolute atomic E-state index is 12.0. The zero-order chi connectivity index (χ0) is 14.1. The average molecular weight is 278 g/mol. The lowest BCUT2D eigenvalue weighted by Crippen LogP contribution is -2.55. The zero-order valence-electron chi connectivity index (χ0n) is 11.8. The Kier molecular flexibility index (Phi) is 3.60. The number of anilines is 1. The minimum absolute atomic E-state index is 0.0115. The van der Waals surface area contributed by atoms with E-state index in [0.717, 1.165) is 12.8 Å². The fourth-order valence-corrected chi connectivity index (χ4v) is 3.54. The molecule has 2 aliphatic rings. The van der Waals surface area contributed by atoms with E-state index in [1.807, 2.05) is 0 Å². The molecule has 3 N–H and O–H groups in total. The number of aromatic nitrogens is 3. The Bertz CT molecular complexity index is 473. The van der Waals surface area contributed by atoms with Crippen LogP contribution in [0.15, 0.2) is 6.33 Å². The lowest BCUT2D eigenvalue weighted by molar-refractivity contribution is -0.123. The molecule has 1 amide bonds. The van der Waals surface area contributed by atoms with Gasteiger partial charge in [-0.05, 0) is 32.7 Å². The highest BCUT2D eigenvalue weighted by Crippen LogP contribution is 2.32. The van der Waals surface area contributed by atoms with E-state index in [1.165, 1.54) is 30.3 Å². The quantitative estimate of drug-likeness (QED) is 0.812. The molecule has 2 unspecified atom stereocenters. The van der Waals surface area contributed by atoms with Gasteiger partial charge >= 0.3 is 0 Å². The van der Waals surface area contributed by atoms with E-state index >= 15 is 0 Å². The van der Waals surface area contributed by atoms with Crippen LogP contribution in [0, 0.1) is 0 Å². The molecule has 110 valence electrons. The van der Waals surface area contributed by atoms with Crippen LogP contribution in [0.5, 0.6) is 0 Å². The maximum atomic E-state index is 12.0. The van der Waals surface area contributed by atoms with E-state index < -0.39 is 0 Å². The Morgan fingerprint density at radius 2 is 2.15 bits per heavy atom. The molecule has 0 aliphatic carbocycles. The van der Waals surface area contributed by atoms with Gasteiger partial charge in [0.2, 0.25) is 11.9 Å². The number of amides is 1. The van der Waals surface area contributed by atoms with Crippen LogP contribution in [-0.4, -0.2) is 50.7 Å². The summed E-state index contributed by atoms with van der Waals surface area (Å²) < 4.78 is 1.47. The van der Waals surface area contributed by atoms with Crippen LogP contribution in [0.25, 0.3) is 0 Å². The van der Waals surface area contributed by atoms with Gasteiger partial charge < -0.3 is 16.0 Å². The Hall–Kier alpha value is -1.63. The van der Waals surface area contributed by atoms with Gasteiger partial charge in [-0.2, -0.15) is 0 Å². The summed E-state index contributed by atoms with van der Waals surface area (Å²) in [5, 5.41) is 7.06. The molecule has 7 heteroatoms. The number of fused-ring (bicyclic) bond motifs is 2. The van der Waals surface area contributed by atoms with E-state index in [1.54, 1.807) is 0 Å². The highest BCUT2D eigenvalue weighted by Gasteiger charge is 2.36. The summed E-state index contributed by atoms with van der Waals surface area (Å²) in [6, 6.07) is 1.53. The molecule has 0 spiro atoms. The van der Waals surface area contributed by atoms with Gasteiger partial charge in [-0.3, -0.25) is 4.79 Å². The fourth-order valence-electron chi connectivity index (χ4n) is 3.54. The van der Waals surface area contributed by atoms with E-state index in [9.17, 15) is 4.79 Å². The van der Waals surface area contributed by atoms with Crippen LogP contribution >= 0.6 is 0 Å². The number of nitrogens with one attached hydrogen (secondary N) is 1. The first kappa shape index (κ1) is 13.4. The Balaban J connectivity index is 1.54. The number of nitrogens with zero attached hydrogens (tertiary/aromatic N) is 4. The van der Waals surface area contributed by atoms with Crippen molar-refractivity contribution in [3.05, 3.63) is 6.33 Å². The van der Waals surface area contributed by atoms with Crippen LogP contribution in [0.3, 0.4) is 0 Å². The molecule has 2 atom stereocenters. The molecule has 1 aromatic heterocycles. The topological polar surface area (TPSA) is 89.1 Å². The normalized spacial score (nSPS) is 30.1. The minimum Gasteiger partial charge on any atom is -0.367 e. The molecule has 7 nitrogen and oxygen atoms in total. The molecule has 2 fully saturated rings. The van der Waals surface area contributed by atoms with Gasteiger partial charge in [-0.25, -0.2) is 9.67 Å². The lowest BCUT2D eigenvalue weighted by atomic mass is 9.82. The Morgan fingerprint density at radius 1 is 1.45 bits per heavy atom. The number of piperidine rings is 2. The van der Waals surface area contributed by atoms with Crippen molar-refractivity contribution >= 4 is 11.9 Å². The molecule has 0 radical (unpaired) electrons. The molecular weight excluding hydrogens is 256 g/mol. The monoisotopic (exact) mass is 278 g/mol. The van der Waals surface area contributed by atoms with E-state index in [4.69, 9.17) is 5.73 Å². The molecule has 2 aliphatic heterocycles. The third-order valence-corrected chi connectivity index (χ3v) is 4.56. The van der Waals surface area contributed by atoms with Gasteiger partial charge in [0.1, 0.15) is 12.9 Å². The van der Waals surface area contributed by atoms with E-state index in [0.29, 0.717) is 12.1 Å². The van der Waals surface area contributed by atoms with E-state index in [2.05, 4.69) is 27.3 Å². The first-order valence-corrected chi connectivity index (χ1v) is 7.28. The van der Waals surface area contributed by atoms with Crippen molar-refractivity contribution in [2.75, 3.05) is 12.8 Å². The van der Waals surface area contributed by atoms with Gasteiger partial charge in [0.25, 0.3) is 0 Å². The van der Waals surface area contributed by atoms with Crippen molar-refractivity contribution in [2.24, 2.45) is 0 Å². The molecule has 0 aromatic carbocycles. The van der Waals surface area contributed by atoms with Crippen LogP contribution in [0.4, 0.5) is 5.95 Å². The van der Waals surface area contributed by atoms with Crippen molar-refractivity contribution in [1.82, 2.24) is 25.0 Å². The Morgan fingerprint density at radius 3 is 2.75 bits per heavy atom. The molecule has 2 saturated heterocycles. The second kappa shape index (κ2) is 5.40. The number of hydrogen-bond acceptors (Lipinski definition) is 5. The summed E-state index contributed by atoms with van der Waals surface area (Å²) >= 11 is 0. The van der Waals surface area contributed by atoms with Crippen molar-refractivity contribution < 1.29 is 4.79 Å². The lowest BCUT2D eigenvalue weighted by Gasteiger charge is -2.47. The van der Waals surface area contributed by atoms with Crippen LogP contribution in [0.1, 0.15) is 32.1 Å². The SMILES string of the molecule is CN1C2CCCC1CC(NC(=O)Cn1cnc(N)n1)C2. The largest absolute Gasteiger partial charge is 0.367 e. The Labute approximate surface area is 118 Å². The van der Waals surface area contributed by atoms with Crippen LogP contribution in [0.2, 0.25) is 0 Å². The predicted octanol–water partition coefficient (Wildman–Crippen LogP) is -0.00820. The van der Waals surface area contributed by atoms with Crippen molar-refractivity contribution in [3.8, 4) is 0 Å². The number of nitrogens with two attached hydrogens (primary N) is 1. The molecule has 0 saturated carbocycles. The first-order valence-electron chi connectivity index (χ1n) is 7.28. The van der Waals surface area contributed by atoms with Crippen molar-refractivity contribution in [1.29, 1.82) is 0 Å². The minimum atomic E-state index is -0.0115. The molecule has 3 heterocycles. The molecule has 20 heavy (non-hydrogen) atoms. The smallest absolute Gasteiger partial charge is 0.242 e. The van der Waals surface area contributed by atoms with Crippen LogP contribution in [-0.2, 0) is 11.3 Å². The molecule has 1 aromatic rings. The third-order valence-electron chi connectivity index (χ3n) is 4.56. The van der Waals surface area contributed by atoms with Gasteiger partial charge in [0.05, 0.1) is 0 Å². The van der Waals surface area contributed by atoms with Crippen molar-refractivity contribution in [2.45, 2.75) is 56.8 Å². The second-order valence-electron chi connectivity index (χ2n) is 5.94. The average Bonchev–Trinajstić information content (AvgIpc) is 2.76. The molecule has 3 rings (SSSR count). The standard InChI is InChI=1S/C13H22N6O/c1-18-10-3-2-4-11(18)6-9(5-10)16-12(20)7-19-8-15-13(14)17-19/h8-11H,2-7H2,1H3,(H2,14,17)(H,16,20). The number of hydrogen-bond donors (Lipinski definition) is 2. The summed E-state index contributed by atoms with van der Waals surface area (Å²) in [5.74, 6) is 0.189. The third kappa shape index (κ3) is 2.77. The highest BCUT2D eigenvalue weighted by molar-refractivity contribution is 5.76. The predicted molar refractivity (Wildman–Crippen MR) is 74.8 cm³/mol. The van der Waals surface area contributed by atoms with Crippen LogP contribution < -0.4 is 11.1 Å². The number of nitrogen functional groups attached to an aromatic ring is 1. The summed E-state index contributed by atoms with van der Waals surface area (Å²) in [4.78, 5) is 18.3. The number of carbonyl (C=O) groups is 1. The second-order valence-corrected chi connectivity index (χ2v) is 5.94. The summed E-state index contributed by atoms with van der Waals surface area (Å²) in [6.45, 7) is 0.186. The molecular formula is C13H22N6O. The van der Waals surface area contributed by atoms with E-state index in [-0.39, 0.29) is 24.4 Å². The highest BCUT2D eigenvalue weighted by atomic mass is 16.2. The van der Waals surface area contributed by atoms with Crippen molar-refractivity contribution in [3.63, 3.8) is 0 Å². The van der Waals surface area contributed by atoms with Gasteiger partial charge in [-0.15, -0.1) is 5.10 Å². The summed E-state index contributed by atoms with van der Waals surface area (Å²) in [5.41, 5.74) is 5.44. The van der Waals surface area contributed by atoms with Gasteiger partial charge in [0.15, 0.2) is 0 Å². The first-order chi connectivity index (χ1) is 9.61. The fraction of sp³-hybridized carbons (Fsp3) is 0.769. The zero-order valence-corrected chi connectivity index (χ0v) is 11.8. The maximum Gasteiger partial charge on any atom is 0.242 e. The number of rotatable bonds is 3. The number of carbonyl (C=O) groups excluding carboxylic acids is 1.